The Labute approximate surface area is 129 Å². The van der Waals surface area contributed by atoms with Crippen molar-refractivity contribution in [1.82, 2.24) is 5.32 Å². The van der Waals surface area contributed by atoms with Gasteiger partial charge in [0.25, 0.3) is 0 Å². The second kappa shape index (κ2) is 7.81. The van der Waals surface area contributed by atoms with Crippen LogP contribution in [0.3, 0.4) is 0 Å². The molecule has 3 nitrogen and oxygen atoms in total. The highest BCUT2D eigenvalue weighted by atomic mass is 16.5. The Morgan fingerprint density at radius 3 is 2.19 bits per heavy atom. The van der Waals surface area contributed by atoms with E-state index in [2.05, 4.69) is 45.1 Å². The molecule has 1 atom stereocenters. The Bertz CT molecular complexity index is 394. The molecule has 0 aliphatic rings. The molecule has 0 aliphatic heterocycles. The van der Waals surface area contributed by atoms with Crippen LogP contribution in [0.25, 0.3) is 0 Å². The van der Waals surface area contributed by atoms with Crippen molar-refractivity contribution in [3.8, 4) is 5.75 Å². The average Bonchev–Trinajstić information content (AvgIpc) is 2.48. The fourth-order valence-electron chi connectivity index (χ4n) is 2.40. The minimum absolute atomic E-state index is 0.167. The zero-order chi connectivity index (χ0) is 15.9. The number of aliphatic hydroxyl groups is 1. The van der Waals surface area contributed by atoms with E-state index < -0.39 is 0 Å². The standard InChI is InChI=1S/C18H31NO2/c1-6-18(14-20,19-5)12-7-13-21-16-10-8-15(9-11-16)17(2,3)4/h8-11,19-20H,6-7,12-14H2,1-5H3. The van der Waals surface area contributed by atoms with Crippen LogP contribution >= 0.6 is 0 Å². The van der Waals surface area contributed by atoms with Crippen LogP contribution in [-0.4, -0.2) is 30.9 Å². The van der Waals surface area contributed by atoms with E-state index in [-0.39, 0.29) is 17.6 Å². The van der Waals surface area contributed by atoms with Gasteiger partial charge in [0.1, 0.15) is 5.75 Å². The highest BCUT2D eigenvalue weighted by Crippen LogP contribution is 2.24. The summed E-state index contributed by atoms with van der Waals surface area (Å²) in [5.41, 5.74) is 1.32. The number of ether oxygens (including phenoxy) is 1. The van der Waals surface area contributed by atoms with Gasteiger partial charge in [0, 0.05) is 5.54 Å². The van der Waals surface area contributed by atoms with Gasteiger partial charge in [-0.05, 0) is 49.4 Å². The van der Waals surface area contributed by atoms with Crippen molar-refractivity contribution >= 4 is 0 Å². The minimum Gasteiger partial charge on any atom is -0.494 e. The van der Waals surface area contributed by atoms with E-state index in [0.717, 1.165) is 25.0 Å². The molecule has 0 radical (unpaired) electrons. The van der Waals surface area contributed by atoms with Gasteiger partial charge in [0.2, 0.25) is 0 Å². The molecular weight excluding hydrogens is 262 g/mol. The molecular formula is C18H31NO2. The molecule has 0 saturated carbocycles. The number of aliphatic hydroxyl groups excluding tert-OH is 1. The summed E-state index contributed by atoms with van der Waals surface area (Å²) in [5, 5.41) is 12.7. The molecule has 0 aromatic heterocycles. The van der Waals surface area contributed by atoms with Gasteiger partial charge >= 0.3 is 0 Å². The van der Waals surface area contributed by atoms with Gasteiger partial charge < -0.3 is 15.2 Å². The van der Waals surface area contributed by atoms with Gasteiger partial charge in [-0.15, -0.1) is 0 Å². The van der Waals surface area contributed by atoms with Crippen molar-refractivity contribution in [3.63, 3.8) is 0 Å². The Balaban J connectivity index is 2.43. The number of hydrogen-bond donors (Lipinski definition) is 2. The first-order chi connectivity index (χ1) is 9.87. The summed E-state index contributed by atoms with van der Waals surface area (Å²) in [6, 6.07) is 8.34. The quantitative estimate of drug-likeness (QED) is 0.721. The molecule has 1 rings (SSSR count). The smallest absolute Gasteiger partial charge is 0.119 e. The fourth-order valence-corrected chi connectivity index (χ4v) is 2.40. The van der Waals surface area contributed by atoms with Crippen molar-refractivity contribution in [2.45, 2.75) is 57.9 Å². The largest absolute Gasteiger partial charge is 0.494 e. The fraction of sp³-hybridized carbons (Fsp3) is 0.667. The molecule has 1 aromatic rings. The van der Waals surface area contributed by atoms with E-state index in [0.29, 0.717) is 6.61 Å². The zero-order valence-electron chi connectivity index (χ0n) is 14.2. The monoisotopic (exact) mass is 293 g/mol. The summed E-state index contributed by atoms with van der Waals surface area (Å²) >= 11 is 0. The number of nitrogens with one attached hydrogen (secondary N) is 1. The Kier molecular flexibility index (Phi) is 6.69. The second-order valence-corrected chi connectivity index (χ2v) is 6.77. The molecule has 3 heteroatoms. The summed E-state index contributed by atoms with van der Waals surface area (Å²) in [5.74, 6) is 0.915. The van der Waals surface area contributed by atoms with Crippen LogP contribution in [0.5, 0.6) is 5.75 Å². The van der Waals surface area contributed by atoms with Crippen LogP contribution < -0.4 is 10.1 Å². The Morgan fingerprint density at radius 1 is 1.14 bits per heavy atom. The van der Waals surface area contributed by atoms with E-state index in [9.17, 15) is 5.11 Å². The van der Waals surface area contributed by atoms with E-state index >= 15 is 0 Å². The number of rotatable bonds is 8. The maximum absolute atomic E-state index is 9.50. The molecule has 0 bridgehead atoms. The van der Waals surface area contributed by atoms with E-state index in [1.165, 1.54) is 5.56 Å². The maximum atomic E-state index is 9.50. The third-order valence-corrected chi connectivity index (χ3v) is 4.30. The molecule has 0 aliphatic carbocycles. The lowest BCUT2D eigenvalue weighted by atomic mass is 9.87. The summed E-state index contributed by atoms with van der Waals surface area (Å²) in [7, 11) is 1.91. The SMILES string of the molecule is CCC(CO)(CCCOc1ccc(C(C)(C)C)cc1)NC. The molecule has 120 valence electrons. The van der Waals surface area contributed by atoms with Crippen LogP contribution in [0.1, 0.15) is 52.5 Å². The number of likely N-dealkylation sites (N-methyl/N-ethyl adjacent to an activating group) is 1. The van der Waals surface area contributed by atoms with E-state index in [1.807, 2.05) is 19.2 Å². The van der Waals surface area contributed by atoms with Crippen LogP contribution in [0, 0.1) is 0 Å². The third kappa shape index (κ3) is 5.33. The van der Waals surface area contributed by atoms with Gasteiger partial charge in [-0.1, -0.05) is 39.8 Å². The molecule has 0 heterocycles. The zero-order valence-corrected chi connectivity index (χ0v) is 14.2. The lowest BCUT2D eigenvalue weighted by molar-refractivity contribution is 0.145. The van der Waals surface area contributed by atoms with Gasteiger partial charge in [0.15, 0.2) is 0 Å². The summed E-state index contributed by atoms with van der Waals surface area (Å²) < 4.78 is 5.79. The minimum atomic E-state index is -0.167. The lowest BCUT2D eigenvalue weighted by Crippen LogP contribution is -2.46. The molecule has 0 saturated heterocycles. The van der Waals surface area contributed by atoms with Gasteiger partial charge in [-0.2, -0.15) is 0 Å². The van der Waals surface area contributed by atoms with E-state index in [1.54, 1.807) is 0 Å². The molecule has 0 spiro atoms. The lowest BCUT2D eigenvalue weighted by Gasteiger charge is -2.30. The van der Waals surface area contributed by atoms with Crippen molar-refractivity contribution < 1.29 is 9.84 Å². The highest BCUT2D eigenvalue weighted by Gasteiger charge is 2.24. The van der Waals surface area contributed by atoms with Crippen LogP contribution in [0.15, 0.2) is 24.3 Å². The van der Waals surface area contributed by atoms with Crippen molar-refractivity contribution in [2.75, 3.05) is 20.3 Å². The first-order valence-electron chi connectivity index (χ1n) is 7.90. The summed E-state index contributed by atoms with van der Waals surface area (Å²) in [6.07, 6.45) is 2.76. The van der Waals surface area contributed by atoms with Gasteiger partial charge in [-0.25, -0.2) is 0 Å². The van der Waals surface area contributed by atoms with Crippen LogP contribution in [0.4, 0.5) is 0 Å². The first kappa shape index (κ1) is 18.0. The first-order valence-corrected chi connectivity index (χ1v) is 7.90. The highest BCUT2D eigenvalue weighted by molar-refractivity contribution is 5.31. The summed E-state index contributed by atoms with van der Waals surface area (Å²) in [6.45, 7) is 9.57. The van der Waals surface area contributed by atoms with E-state index in [4.69, 9.17) is 4.74 Å². The predicted octanol–water partition coefficient (Wildman–Crippen LogP) is 3.50. The van der Waals surface area contributed by atoms with Crippen molar-refractivity contribution in [1.29, 1.82) is 0 Å². The Morgan fingerprint density at radius 2 is 1.76 bits per heavy atom. The predicted molar refractivity (Wildman–Crippen MR) is 89.0 cm³/mol. The Hall–Kier alpha value is -1.06. The van der Waals surface area contributed by atoms with Gasteiger partial charge in [-0.3, -0.25) is 0 Å². The molecule has 1 aromatic carbocycles. The number of benzene rings is 1. The average molecular weight is 293 g/mol. The maximum Gasteiger partial charge on any atom is 0.119 e. The molecule has 1 unspecified atom stereocenters. The molecule has 2 N–H and O–H groups in total. The summed E-state index contributed by atoms with van der Waals surface area (Å²) in [4.78, 5) is 0. The van der Waals surface area contributed by atoms with Crippen molar-refractivity contribution in [2.24, 2.45) is 0 Å². The number of hydrogen-bond acceptors (Lipinski definition) is 3. The molecule has 0 amide bonds. The second-order valence-electron chi connectivity index (χ2n) is 6.77. The molecule has 0 fully saturated rings. The topological polar surface area (TPSA) is 41.5 Å². The van der Waals surface area contributed by atoms with Crippen molar-refractivity contribution in [3.05, 3.63) is 29.8 Å². The van der Waals surface area contributed by atoms with Gasteiger partial charge in [0.05, 0.1) is 13.2 Å². The van der Waals surface area contributed by atoms with Crippen LogP contribution in [0.2, 0.25) is 0 Å². The third-order valence-electron chi connectivity index (χ3n) is 4.30. The van der Waals surface area contributed by atoms with Crippen LogP contribution in [-0.2, 0) is 5.41 Å². The molecule has 21 heavy (non-hydrogen) atoms. The normalized spacial score (nSPS) is 14.8.